The van der Waals surface area contributed by atoms with Crippen LogP contribution in [-0.4, -0.2) is 70.8 Å². The minimum Gasteiger partial charge on any atom is -0.395 e. The third kappa shape index (κ3) is 5.51. The Labute approximate surface area is 228 Å². The minimum atomic E-state index is -0.416. The van der Waals surface area contributed by atoms with Gasteiger partial charge in [0.2, 0.25) is 0 Å². The average molecular weight is 533 g/mol. The number of aliphatic hydroxyl groups excluding tert-OH is 1. The number of amides is 1. The van der Waals surface area contributed by atoms with E-state index < -0.39 is 5.82 Å². The zero-order valence-electron chi connectivity index (χ0n) is 22.8. The Balaban J connectivity index is 1.41. The molecule has 1 unspecified atom stereocenters. The fraction of sp³-hybridized carbons (Fsp3) is 0.484. The number of piperazine rings is 1. The van der Waals surface area contributed by atoms with E-state index >= 15 is 4.39 Å². The number of benzene rings is 2. The van der Waals surface area contributed by atoms with Crippen LogP contribution < -0.4 is 10.9 Å². The van der Waals surface area contributed by atoms with Gasteiger partial charge in [-0.25, -0.2) is 4.39 Å². The van der Waals surface area contributed by atoms with Gasteiger partial charge < -0.3 is 15.0 Å². The van der Waals surface area contributed by atoms with E-state index in [0.717, 1.165) is 68.4 Å². The second kappa shape index (κ2) is 10.5. The average Bonchev–Trinajstić information content (AvgIpc) is 3.86. The van der Waals surface area contributed by atoms with Gasteiger partial charge in [-0.15, -0.1) is 0 Å². The summed E-state index contributed by atoms with van der Waals surface area (Å²) in [6, 6.07) is 9.05. The Kier molecular flexibility index (Phi) is 7.04. The monoisotopic (exact) mass is 532 g/mol. The van der Waals surface area contributed by atoms with Gasteiger partial charge in [-0.2, -0.15) is 0 Å². The van der Waals surface area contributed by atoms with Crippen LogP contribution in [0.25, 0.3) is 21.9 Å². The highest BCUT2D eigenvalue weighted by atomic mass is 19.1. The number of nitrogens with zero attached hydrogens (tertiary/aromatic N) is 3. The van der Waals surface area contributed by atoms with E-state index in [-0.39, 0.29) is 30.2 Å². The summed E-state index contributed by atoms with van der Waals surface area (Å²) in [5, 5.41) is 14.3. The Morgan fingerprint density at radius 3 is 2.62 bits per heavy atom. The number of aromatic nitrogens is 1. The number of aliphatic hydroxyl groups is 1. The summed E-state index contributed by atoms with van der Waals surface area (Å²) < 4.78 is 16.9. The van der Waals surface area contributed by atoms with E-state index in [1.54, 1.807) is 13.0 Å². The molecule has 2 N–H and O–H groups in total. The van der Waals surface area contributed by atoms with Crippen molar-refractivity contribution < 1.29 is 14.3 Å². The summed E-state index contributed by atoms with van der Waals surface area (Å²) in [5.74, 6) is -0.110. The summed E-state index contributed by atoms with van der Waals surface area (Å²) in [5.41, 5.74) is 3.28. The highest BCUT2D eigenvalue weighted by Gasteiger charge is 2.27. The lowest BCUT2D eigenvalue weighted by Gasteiger charge is -2.38. The summed E-state index contributed by atoms with van der Waals surface area (Å²) >= 11 is 0. The van der Waals surface area contributed by atoms with Crippen LogP contribution in [0.1, 0.15) is 47.2 Å². The molecule has 1 saturated heterocycles. The van der Waals surface area contributed by atoms with Gasteiger partial charge in [0.25, 0.3) is 11.5 Å². The van der Waals surface area contributed by atoms with Crippen molar-refractivity contribution in [2.45, 2.75) is 57.8 Å². The zero-order chi connectivity index (χ0) is 27.3. The standard InChI is InChI=1S/C31H37FN4O3/c1-19-27(12-22(13-29(19)32)30(38)33-24-6-7-24)21-5-8-26-28(11-21)23(16-36(31(26)39)14-20-3-4-20)15-35-10-9-34(2)25(17-35)18-37/h5,8,11-13,16,20,24-25,37H,3-4,6-7,9-10,14-15,17-18H2,1-2H3,(H,33,38). The van der Waals surface area contributed by atoms with E-state index in [2.05, 4.69) is 15.1 Å². The van der Waals surface area contributed by atoms with E-state index in [1.165, 1.54) is 6.07 Å². The molecule has 2 aliphatic carbocycles. The van der Waals surface area contributed by atoms with Crippen LogP contribution in [0.15, 0.2) is 41.3 Å². The molecule has 2 aromatic carbocycles. The highest BCUT2D eigenvalue weighted by molar-refractivity contribution is 5.97. The van der Waals surface area contributed by atoms with Gasteiger partial charge in [0, 0.05) is 62.0 Å². The topological polar surface area (TPSA) is 77.8 Å². The maximum absolute atomic E-state index is 15.0. The molecule has 0 spiro atoms. The third-order valence-corrected chi connectivity index (χ3v) is 8.62. The Hall–Kier alpha value is -3.07. The number of hydrogen-bond acceptors (Lipinski definition) is 5. The quantitative estimate of drug-likeness (QED) is 0.464. The van der Waals surface area contributed by atoms with Gasteiger partial charge in [0.05, 0.1) is 6.61 Å². The molecule has 1 aromatic heterocycles. The van der Waals surface area contributed by atoms with Crippen LogP contribution in [0.2, 0.25) is 0 Å². The molecule has 0 radical (unpaired) electrons. The summed E-state index contributed by atoms with van der Waals surface area (Å²) in [4.78, 5) is 30.7. The minimum absolute atomic E-state index is 0.000670. The molecule has 206 valence electrons. The Morgan fingerprint density at radius 1 is 1.10 bits per heavy atom. The first-order valence-corrected chi connectivity index (χ1v) is 14.1. The van der Waals surface area contributed by atoms with E-state index in [9.17, 15) is 14.7 Å². The largest absolute Gasteiger partial charge is 0.395 e. The number of fused-ring (bicyclic) bond motifs is 1. The molecule has 8 heteroatoms. The molecule has 1 amide bonds. The number of halogens is 1. The fourth-order valence-electron chi connectivity index (χ4n) is 5.67. The fourth-order valence-corrected chi connectivity index (χ4v) is 5.67. The number of pyridine rings is 1. The summed E-state index contributed by atoms with van der Waals surface area (Å²) in [6.07, 6.45) is 6.25. The predicted molar refractivity (Wildman–Crippen MR) is 150 cm³/mol. The highest BCUT2D eigenvalue weighted by Crippen LogP contribution is 2.33. The SMILES string of the molecule is Cc1c(F)cc(C(=O)NC2CC2)cc1-c1ccc2c(=O)n(CC3CC3)cc(CN3CCN(C)C(CO)C3)c2c1. The summed E-state index contributed by atoms with van der Waals surface area (Å²) in [7, 11) is 2.04. The van der Waals surface area contributed by atoms with Crippen molar-refractivity contribution in [3.05, 3.63) is 69.4 Å². The van der Waals surface area contributed by atoms with Crippen LogP contribution in [-0.2, 0) is 13.1 Å². The number of hydrogen-bond donors (Lipinski definition) is 2. The van der Waals surface area contributed by atoms with Gasteiger partial charge in [-0.05, 0) is 97.5 Å². The molecule has 2 saturated carbocycles. The molecule has 6 rings (SSSR count). The predicted octanol–water partition coefficient (Wildman–Crippen LogP) is 3.53. The molecule has 1 atom stereocenters. The van der Waals surface area contributed by atoms with Crippen molar-refractivity contribution >= 4 is 16.7 Å². The van der Waals surface area contributed by atoms with Crippen molar-refractivity contribution in [1.29, 1.82) is 0 Å². The molecule has 3 aromatic rings. The molecular weight excluding hydrogens is 495 g/mol. The van der Waals surface area contributed by atoms with E-state index in [0.29, 0.717) is 34.5 Å². The molecule has 2 heterocycles. The number of carbonyl (C=O) groups is 1. The van der Waals surface area contributed by atoms with Crippen LogP contribution in [0.5, 0.6) is 0 Å². The zero-order valence-corrected chi connectivity index (χ0v) is 22.8. The number of rotatable bonds is 8. The van der Waals surface area contributed by atoms with Crippen LogP contribution in [0, 0.1) is 18.7 Å². The molecule has 3 fully saturated rings. The first-order chi connectivity index (χ1) is 18.8. The van der Waals surface area contributed by atoms with E-state index in [1.807, 2.05) is 36.0 Å². The van der Waals surface area contributed by atoms with Crippen molar-refractivity contribution in [1.82, 2.24) is 19.7 Å². The van der Waals surface area contributed by atoms with Crippen molar-refractivity contribution in [3.8, 4) is 11.1 Å². The first kappa shape index (κ1) is 26.2. The maximum atomic E-state index is 15.0. The lowest BCUT2D eigenvalue weighted by molar-refractivity contribution is 0.0541. The Bertz CT molecular complexity index is 1480. The third-order valence-electron chi connectivity index (χ3n) is 8.62. The van der Waals surface area contributed by atoms with Gasteiger partial charge in [-0.1, -0.05) is 6.07 Å². The van der Waals surface area contributed by atoms with Crippen molar-refractivity contribution in [3.63, 3.8) is 0 Å². The molecule has 7 nitrogen and oxygen atoms in total. The van der Waals surface area contributed by atoms with Crippen LogP contribution in [0.3, 0.4) is 0 Å². The lowest BCUT2D eigenvalue weighted by Crippen LogP contribution is -2.52. The van der Waals surface area contributed by atoms with Gasteiger partial charge in [0.15, 0.2) is 0 Å². The first-order valence-electron chi connectivity index (χ1n) is 14.1. The maximum Gasteiger partial charge on any atom is 0.258 e. The van der Waals surface area contributed by atoms with E-state index in [4.69, 9.17) is 0 Å². The van der Waals surface area contributed by atoms with Gasteiger partial charge in [0.1, 0.15) is 5.82 Å². The number of likely N-dealkylation sites (N-methyl/N-ethyl adjacent to an activating group) is 1. The van der Waals surface area contributed by atoms with Gasteiger partial charge in [-0.3, -0.25) is 19.4 Å². The van der Waals surface area contributed by atoms with Crippen LogP contribution in [0.4, 0.5) is 4.39 Å². The molecule has 1 aliphatic heterocycles. The molecule has 0 bridgehead atoms. The molecular formula is C31H37FN4O3. The normalized spacial score (nSPS) is 20.5. The van der Waals surface area contributed by atoms with Crippen LogP contribution >= 0.6 is 0 Å². The van der Waals surface area contributed by atoms with Crippen molar-refractivity contribution in [2.75, 3.05) is 33.3 Å². The second-order valence-electron chi connectivity index (χ2n) is 11.7. The molecule has 3 aliphatic rings. The molecule has 39 heavy (non-hydrogen) atoms. The van der Waals surface area contributed by atoms with Crippen molar-refractivity contribution in [2.24, 2.45) is 5.92 Å². The van der Waals surface area contributed by atoms with Gasteiger partial charge >= 0.3 is 0 Å². The number of nitrogens with one attached hydrogen (secondary N) is 1. The number of carbonyl (C=O) groups excluding carboxylic acids is 1. The smallest absolute Gasteiger partial charge is 0.258 e. The lowest BCUT2D eigenvalue weighted by atomic mass is 9.94. The Morgan fingerprint density at radius 2 is 1.90 bits per heavy atom. The second-order valence-corrected chi connectivity index (χ2v) is 11.7. The summed E-state index contributed by atoms with van der Waals surface area (Å²) in [6.45, 7) is 5.71.